The molecule has 6 rings (SSSR count). The number of primary amides is 1. The van der Waals surface area contributed by atoms with E-state index in [1.54, 1.807) is 36.5 Å². The Hall–Kier alpha value is -7.95. The van der Waals surface area contributed by atoms with Crippen LogP contribution in [0.3, 0.4) is 0 Å². The van der Waals surface area contributed by atoms with E-state index < -0.39 is 89.7 Å². The fourth-order valence-electron chi connectivity index (χ4n) is 8.82. The van der Waals surface area contributed by atoms with Crippen LogP contribution in [0.2, 0.25) is 0 Å². The number of imide groups is 1. The van der Waals surface area contributed by atoms with E-state index in [4.69, 9.17) is 16.9 Å². The Bertz CT molecular complexity index is 2600. The molecule has 2 aromatic heterocycles. The summed E-state index contributed by atoms with van der Waals surface area (Å²) < 4.78 is 0. The Labute approximate surface area is 421 Å². The van der Waals surface area contributed by atoms with Crippen LogP contribution in [0.25, 0.3) is 10.9 Å². The Balaban J connectivity index is 1.28. The number of para-hydroxylation sites is 1. The van der Waals surface area contributed by atoms with E-state index in [0.717, 1.165) is 22.2 Å². The number of fused-ring (bicyclic) bond motifs is 3. The fraction of sp³-hybridized carbons (Fsp3) is 0.460. The van der Waals surface area contributed by atoms with Gasteiger partial charge in [0, 0.05) is 67.5 Å². The van der Waals surface area contributed by atoms with Gasteiger partial charge in [0.05, 0.1) is 12.2 Å². The molecule has 4 heterocycles. The number of carbonyl (C=O) groups excluding carboxylic acids is 9. The SMILES string of the molecule is C[C@@H]1C(=O)N[C@@H](Cc2cnc[nH]2)C(=O)N[C@H](Cc2ccccc2)C(=O)N[C@H](C(=O)N[C@@H](Cc2c[nH]c3ccccc23)C(=O)NC(CCNCCCCC(=N)N)C(N)=O)CCCCC(=O)CC[C@@H]2NC(=O)N1C2=O. The van der Waals surface area contributed by atoms with Crippen LogP contribution in [0.5, 0.6) is 0 Å². The number of ketones is 1. The second-order valence-electron chi connectivity index (χ2n) is 18.5. The average molecular weight is 1010 g/mol. The number of unbranched alkanes of at least 4 members (excludes halogenated alkanes) is 1. The Morgan fingerprint density at radius 2 is 1.52 bits per heavy atom. The number of Topliss-reactive ketones (excluding diaryl/α,β-unsaturated/α-hetero) is 1. The van der Waals surface area contributed by atoms with E-state index in [9.17, 15) is 43.2 Å². The lowest BCUT2D eigenvalue weighted by atomic mass is 9.99. The number of aromatic amines is 2. The van der Waals surface area contributed by atoms with Crippen molar-refractivity contribution in [2.45, 2.75) is 133 Å². The molecule has 0 spiro atoms. The molecule has 14 N–H and O–H groups in total. The third-order valence-corrected chi connectivity index (χ3v) is 12.9. The summed E-state index contributed by atoms with van der Waals surface area (Å²) >= 11 is 0. The molecule has 390 valence electrons. The highest BCUT2D eigenvalue weighted by molar-refractivity contribution is 6.08. The number of hydrogen-bond donors (Lipinski definition) is 12. The topological polar surface area (TPSA) is 361 Å². The highest BCUT2D eigenvalue weighted by Gasteiger charge is 2.44. The number of imidazole rings is 1. The summed E-state index contributed by atoms with van der Waals surface area (Å²) in [5, 5.41) is 27.7. The third kappa shape index (κ3) is 15.8. The van der Waals surface area contributed by atoms with Gasteiger partial charge in [-0.3, -0.25) is 48.7 Å². The molecule has 7 atom stereocenters. The van der Waals surface area contributed by atoms with Crippen molar-refractivity contribution in [1.82, 2.24) is 57.1 Å². The highest BCUT2D eigenvalue weighted by atomic mass is 16.2. The number of nitrogens with one attached hydrogen (secondary N) is 10. The standard InChI is InChI=1S/C50H66N14O9/c1-29-44(67)60-41(25-32-27-55-28-57-32)48(71)61-39(23-30-11-3-2-4-12-30)46(69)59-37(16-7-5-13-33(65)18-19-38-49(72)64(29)50(73)63-38)45(68)62-40(24-31-26-56-35-15-8-6-14-34(31)35)47(70)58-36(43(53)66)20-22-54-21-10-9-17-42(51)52/h2-4,6,8,11-12,14-15,26-29,36-41,54,56H,5,7,9-10,13,16-25H2,1H3,(H3,51,52)(H2,53,66)(H,55,57)(H,58,70)(H,59,69)(H,60,67)(H,61,71)(H,62,68)(H,63,73)/t29-,36?,37+,38+,39-,40+,41+/m1/s1. The molecule has 23 nitrogen and oxygen atoms in total. The van der Waals surface area contributed by atoms with Gasteiger partial charge in [-0.2, -0.15) is 0 Å². The molecule has 2 aromatic carbocycles. The number of urea groups is 1. The van der Waals surface area contributed by atoms with E-state index in [-0.39, 0.29) is 75.8 Å². The van der Waals surface area contributed by atoms with Crippen molar-refractivity contribution >= 4 is 69.9 Å². The maximum Gasteiger partial charge on any atom is 0.325 e. The second kappa shape index (κ2) is 26.5. The molecule has 23 heteroatoms. The number of H-pyrrole nitrogens is 2. The lowest BCUT2D eigenvalue weighted by Crippen LogP contribution is -2.60. The molecule has 2 saturated heterocycles. The molecule has 4 aromatic rings. The molecular formula is C50H66N14O9. The van der Waals surface area contributed by atoms with Gasteiger partial charge in [0.25, 0.3) is 5.91 Å². The van der Waals surface area contributed by atoms with Gasteiger partial charge in [-0.15, -0.1) is 0 Å². The smallest absolute Gasteiger partial charge is 0.325 e. The molecule has 0 radical (unpaired) electrons. The van der Waals surface area contributed by atoms with Gasteiger partial charge >= 0.3 is 6.03 Å². The first kappa shape index (κ1) is 54.4. The van der Waals surface area contributed by atoms with Crippen LogP contribution in [-0.2, 0) is 57.6 Å². The Kier molecular flexibility index (Phi) is 19.7. The largest absolute Gasteiger partial charge is 0.388 e. The predicted molar refractivity (Wildman–Crippen MR) is 268 cm³/mol. The fourth-order valence-corrected chi connectivity index (χ4v) is 8.82. The summed E-state index contributed by atoms with van der Waals surface area (Å²) in [6.07, 6.45) is 6.69. The zero-order chi connectivity index (χ0) is 52.4. The minimum Gasteiger partial charge on any atom is -0.388 e. The number of aromatic nitrogens is 3. The molecule has 0 aliphatic carbocycles. The minimum absolute atomic E-state index is 0.0250. The normalized spacial score (nSPS) is 21.3. The summed E-state index contributed by atoms with van der Waals surface area (Å²) in [5.41, 5.74) is 13.7. The molecule has 2 fully saturated rings. The Morgan fingerprint density at radius 1 is 0.795 bits per heavy atom. The average Bonchev–Trinajstić information content (AvgIpc) is 4.11. The predicted octanol–water partition coefficient (Wildman–Crippen LogP) is 0.146. The van der Waals surface area contributed by atoms with Crippen LogP contribution in [-0.4, -0.2) is 134 Å². The summed E-state index contributed by atoms with van der Waals surface area (Å²) in [7, 11) is 0. The van der Waals surface area contributed by atoms with E-state index in [2.05, 4.69) is 52.2 Å². The number of benzene rings is 2. The number of amides is 9. The second-order valence-corrected chi connectivity index (χ2v) is 18.5. The number of nitrogens with two attached hydrogens (primary N) is 2. The van der Waals surface area contributed by atoms with E-state index in [0.29, 0.717) is 42.8 Å². The lowest BCUT2D eigenvalue weighted by Gasteiger charge is -2.28. The number of amidine groups is 1. The van der Waals surface area contributed by atoms with Crippen LogP contribution in [0.4, 0.5) is 4.79 Å². The highest BCUT2D eigenvalue weighted by Crippen LogP contribution is 2.21. The lowest BCUT2D eigenvalue weighted by molar-refractivity contribution is -0.137. The minimum atomic E-state index is -1.38. The van der Waals surface area contributed by atoms with Crippen molar-refractivity contribution in [3.63, 3.8) is 0 Å². The van der Waals surface area contributed by atoms with Gasteiger partial charge in [0.2, 0.25) is 35.4 Å². The zero-order valence-corrected chi connectivity index (χ0v) is 40.8. The van der Waals surface area contributed by atoms with Gasteiger partial charge in [0.15, 0.2) is 0 Å². The maximum atomic E-state index is 14.7. The van der Waals surface area contributed by atoms with Crippen molar-refractivity contribution in [2.24, 2.45) is 11.5 Å². The summed E-state index contributed by atoms with van der Waals surface area (Å²) in [4.78, 5) is 135. The van der Waals surface area contributed by atoms with Crippen molar-refractivity contribution < 1.29 is 43.2 Å². The summed E-state index contributed by atoms with van der Waals surface area (Å²) in [6.45, 7) is 2.22. The van der Waals surface area contributed by atoms with Gasteiger partial charge in [0.1, 0.15) is 48.1 Å². The summed E-state index contributed by atoms with van der Waals surface area (Å²) in [6, 6.07) is 6.36. The van der Waals surface area contributed by atoms with Crippen LogP contribution < -0.4 is 48.7 Å². The van der Waals surface area contributed by atoms with Crippen LogP contribution in [0.15, 0.2) is 73.3 Å². The first-order chi connectivity index (χ1) is 35.1. The van der Waals surface area contributed by atoms with E-state index >= 15 is 0 Å². The van der Waals surface area contributed by atoms with E-state index in [1.165, 1.54) is 19.4 Å². The third-order valence-electron chi connectivity index (χ3n) is 12.9. The molecule has 1 unspecified atom stereocenters. The van der Waals surface area contributed by atoms with Gasteiger partial charge < -0.3 is 58.7 Å². The summed E-state index contributed by atoms with van der Waals surface area (Å²) in [5.74, 6) is -5.56. The van der Waals surface area contributed by atoms with Crippen LogP contribution >= 0.6 is 0 Å². The molecule has 2 bridgehead atoms. The van der Waals surface area contributed by atoms with Gasteiger partial charge in [-0.05, 0) is 75.7 Å². The monoisotopic (exact) mass is 1010 g/mol. The number of rotatable bonds is 19. The molecule has 2 aliphatic heterocycles. The van der Waals surface area contributed by atoms with Crippen molar-refractivity contribution in [3.8, 4) is 0 Å². The quantitative estimate of drug-likeness (QED) is 0.0259. The molecule has 9 amide bonds. The first-order valence-electron chi connectivity index (χ1n) is 24.6. The molecular weight excluding hydrogens is 941 g/mol. The van der Waals surface area contributed by atoms with Gasteiger partial charge in [-0.25, -0.2) is 9.78 Å². The number of carbonyl (C=O) groups is 9. The molecule has 0 saturated carbocycles. The molecule has 2 aliphatic rings. The van der Waals surface area contributed by atoms with Gasteiger partial charge in [-0.1, -0.05) is 55.0 Å². The van der Waals surface area contributed by atoms with Crippen molar-refractivity contribution in [1.29, 1.82) is 5.41 Å². The van der Waals surface area contributed by atoms with Crippen LogP contribution in [0.1, 0.15) is 88.0 Å². The zero-order valence-electron chi connectivity index (χ0n) is 40.8. The van der Waals surface area contributed by atoms with Crippen molar-refractivity contribution in [2.75, 3.05) is 13.1 Å². The van der Waals surface area contributed by atoms with Crippen molar-refractivity contribution in [3.05, 3.63) is 90.1 Å². The molecule has 73 heavy (non-hydrogen) atoms. The van der Waals surface area contributed by atoms with Crippen LogP contribution in [0, 0.1) is 5.41 Å². The maximum absolute atomic E-state index is 14.7. The Morgan fingerprint density at radius 3 is 2.26 bits per heavy atom. The first-order valence-corrected chi connectivity index (χ1v) is 24.6. The van der Waals surface area contributed by atoms with E-state index in [1.807, 2.05) is 24.3 Å². The number of hydrogen-bond acceptors (Lipinski definition) is 12. The number of nitrogens with zero attached hydrogens (tertiary/aromatic N) is 2.